The van der Waals surface area contributed by atoms with Gasteiger partial charge in [-0.3, -0.25) is 4.18 Å². The van der Waals surface area contributed by atoms with Crippen molar-refractivity contribution in [1.29, 1.82) is 0 Å². The van der Waals surface area contributed by atoms with Crippen molar-refractivity contribution in [2.45, 2.75) is 44.6 Å². The maximum absolute atomic E-state index is 12.4. The van der Waals surface area contributed by atoms with Crippen molar-refractivity contribution in [3.05, 3.63) is 108 Å². The van der Waals surface area contributed by atoms with Gasteiger partial charge >= 0.3 is 0 Å². The molecule has 0 spiro atoms. The number of benzene rings is 3. The van der Waals surface area contributed by atoms with E-state index in [1.54, 1.807) is 6.92 Å². The van der Waals surface area contributed by atoms with Crippen LogP contribution in [0.2, 0.25) is 0 Å². The predicted octanol–water partition coefficient (Wildman–Crippen LogP) is 4.31. The average Bonchev–Trinajstić information content (AvgIpc) is 2.88. The second-order valence-corrected chi connectivity index (χ2v) is 10.2. The van der Waals surface area contributed by atoms with E-state index in [0.717, 1.165) is 22.9 Å². The van der Waals surface area contributed by atoms with Crippen LogP contribution in [0.4, 0.5) is 0 Å². The highest BCUT2D eigenvalue weighted by Gasteiger charge is 2.44. The molecule has 36 heavy (non-hydrogen) atoms. The predicted molar refractivity (Wildman–Crippen MR) is 137 cm³/mol. The molecule has 192 valence electrons. The molecule has 3 unspecified atom stereocenters. The lowest BCUT2D eigenvalue weighted by Crippen LogP contribution is -2.54. The van der Waals surface area contributed by atoms with E-state index in [4.69, 9.17) is 18.4 Å². The van der Waals surface area contributed by atoms with Crippen LogP contribution >= 0.6 is 0 Å². The van der Waals surface area contributed by atoms with Gasteiger partial charge in [0.2, 0.25) is 0 Å². The first kappa shape index (κ1) is 27.7. The van der Waals surface area contributed by atoms with Crippen molar-refractivity contribution in [3.8, 4) is 0 Å². The first-order chi connectivity index (χ1) is 17.3. The Kier molecular flexibility index (Phi) is 10.3. The van der Waals surface area contributed by atoms with Gasteiger partial charge in [0, 0.05) is 0 Å². The van der Waals surface area contributed by atoms with E-state index < -0.39 is 27.9 Å². The zero-order valence-corrected chi connectivity index (χ0v) is 21.3. The van der Waals surface area contributed by atoms with Crippen LogP contribution in [0.3, 0.4) is 0 Å². The van der Waals surface area contributed by atoms with Gasteiger partial charge in [0.1, 0.15) is 17.8 Å². The van der Waals surface area contributed by atoms with Crippen molar-refractivity contribution in [3.63, 3.8) is 0 Å². The van der Waals surface area contributed by atoms with E-state index in [1.165, 1.54) is 0 Å². The number of rotatable bonds is 15. The van der Waals surface area contributed by atoms with Gasteiger partial charge in [0.15, 0.2) is 6.29 Å². The fourth-order valence-electron chi connectivity index (χ4n) is 3.66. The summed E-state index contributed by atoms with van der Waals surface area (Å²) in [5.74, 6) is 0. The highest BCUT2D eigenvalue weighted by molar-refractivity contribution is 7.86. The number of ether oxygens (including phenoxy) is 3. The molecular weight excluding hydrogens is 480 g/mol. The van der Waals surface area contributed by atoms with Gasteiger partial charge in [0.25, 0.3) is 10.1 Å². The van der Waals surface area contributed by atoms with Crippen LogP contribution in [-0.2, 0) is 53.1 Å². The van der Waals surface area contributed by atoms with Gasteiger partial charge in [-0.25, -0.2) is 0 Å². The fourth-order valence-corrected chi connectivity index (χ4v) is 4.26. The van der Waals surface area contributed by atoms with Gasteiger partial charge in [-0.15, -0.1) is 0 Å². The van der Waals surface area contributed by atoms with Crippen LogP contribution in [-0.4, -0.2) is 45.4 Å². The molecule has 8 heteroatoms. The van der Waals surface area contributed by atoms with E-state index in [0.29, 0.717) is 6.29 Å². The van der Waals surface area contributed by atoms with Gasteiger partial charge in [0.05, 0.1) is 32.7 Å². The number of hydrogen-bond donors (Lipinski definition) is 0. The van der Waals surface area contributed by atoms with Gasteiger partial charge < -0.3 is 19.0 Å². The van der Waals surface area contributed by atoms with Crippen LogP contribution < -0.4 is 0 Å². The molecule has 0 saturated heterocycles. The Morgan fingerprint density at radius 2 is 1.25 bits per heavy atom. The second-order valence-electron chi connectivity index (χ2n) is 8.63. The lowest BCUT2D eigenvalue weighted by molar-refractivity contribution is -0.184. The Morgan fingerprint density at radius 1 is 0.778 bits per heavy atom. The van der Waals surface area contributed by atoms with Gasteiger partial charge in [-0.1, -0.05) is 91.0 Å². The normalized spacial score (nSPS) is 15.1. The number of carbonyl (C=O) groups excluding carboxylic acids is 1. The van der Waals surface area contributed by atoms with E-state index in [-0.39, 0.29) is 26.4 Å². The summed E-state index contributed by atoms with van der Waals surface area (Å²) in [4.78, 5) is 12.4. The molecule has 7 nitrogen and oxygen atoms in total. The lowest BCUT2D eigenvalue weighted by Gasteiger charge is -2.37. The highest BCUT2D eigenvalue weighted by atomic mass is 32.2. The van der Waals surface area contributed by atoms with E-state index in [9.17, 15) is 13.2 Å². The molecular formula is C28H32O7S. The minimum Gasteiger partial charge on any atom is -0.374 e. The van der Waals surface area contributed by atoms with Crippen molar-refractivity contribution < 1.29 is 31.6 Å². The second kappa shape index (κ2) is 13.4. The molecule has 3 aromatic rings. The zero-order chi connectivity index (χ0) is 25.9. The van der Waals surface area contributed by atoms with Crippen molar-refractivity contribution >= 4 is 16.4 Å². The summed E-state index contributed by atoms with van der Waals surface area (Å²) in [6.45, 7) is 1.90. The summed E-state index contributed by atoms with van der Waals surface area (Å²) in [5, 5.41) is 0. The first-order valence-corrected chi connectivity index (χ1v) is 13.4. The Labute approximate surface area is 213 Å². The Bertz CT molecular complexity index is 1150. The fraction of sp³-hybridized carbons (Fsp3) is 0.321. The average molecular weight is 513 g/mol. The topological polar surface area (TPSA) is 88.1 Å². The molecule has 3 atom stereocenters. The summed E-state index contributed by atoms with van der Waals surface area (Å²) in [6, 6.07) is 28.2. The number of carbonyl (C=O) groups is 1. The standard InChI is InChI=1S/C28H32O7S/c1-28(22-29,34-20-25-16-10-5-11-17-25)27(33-19-24-14-8-4-9-15-24)26(35-36(2,30)31)21-32-18-23-12-6-3-7-13-23/h3-17,22,26-27H,18-21H2,1-2H3. The van der Waals surface area contributed by atoms with E-state index in [2.05, 4.69) is 0 Å². The minimum atomic E-state index is -3.91. The van der Waals surface area contributed by atoms with E-state index in [1.807, 2.05) is 91.0 Å². The Morgan fingerprint density at radius 3 is 1.72 bits per heavy atom. The molecule has 3 aromatic carbocycles. The van der Waals surface area contributed by atoms with Crippen LogP contribution in [0.5, 0.6) is 0 Å². The molecule has 0 aromatic heterocycles. The van der Waals surface area contributed by atoms with Crippen LogP contribution in [0.15, 0.2) is 91.0 Å². The summed E-state index contributed by atoms with van der Waals surface area (Å²) in [7, 11) is -3.91. The van der Waals surface area contributed by atoms with E-state index >= 15 is 0 Å². The van der Waals surface area contributed by atoms with Crippen molar-refractivity contribution in [2.24, 2.45) is 0 Å². The monoisotopic (exact) mass is 512 g/mol. The summed E-state index contributed by atoms with van der Waals surface area (Å²) in [5.41, 5.74) is 1.09. The molecule has 0 amide bonds. The molecule has 0 N–H and O–H groups in total. The molecule has 0 radical (unpaired) electrons. The van der Waals surface area contributed by atoms with Crippen molar-refractivity contribution in [2.75, 3.05) is 12.9 Å². The smallest absolute Gasteiger partial charge is 0.264 e. The molecule has 3 rings (SSSR count). The third kappa shape index (κ3) is 8.96. The maximum atomic E-state index is 12.4. The summed E-state index contributed by atoms with van der Waals surface area (Å²) < 4.78 is 47.8. The first-order valence-electron chi connectivity index (χ1n) is 11.6. The molecule has 0 bridgehead atoms. The highest BCUT2D eigenvalue weighted by Crippen LogP contribution is 2.26. The van der Waals surface area contributed by atoms with Gasteiger partial charge in [-0.05, 0) is 23.6 Å². The number of aldehydes is 1. The lowest BCUT2D eigenvalue weighted by atomic mass is 9.95. The summed E-state index contributed by atoms with van der Waals surface area (Å²) in [6.07, 6.45) is -0.654. The quantitative estimate of drug-likeness (QED) is 0.222. The Balaban J connectivity index is 1.85. The van der Waals surface area contributed by atoms with Gasteiger partial charge in [-0.2, -0.15) is 8.42 Å². The SMILES string of the molecule is CC(C=O)(OCc1ccccc1)C(OCc1ccccc1)C(COCc1ccccc1)OS(C)(=O)=O. The Hall–Kier alpha value is -2.88. The summed E-state index contributed by atoms with van der Waals surface area (Å²) >= 11 is 0. The van der Waals surface area contributed by atoms with Crippen LogP contribution in [0.1, 0.15) is 23.6 Å². The third-order valence-electron chi connectivity index (χ3n) is 5.49. The largest absolute Gasteiger partial charge is 0.374 e. The number of hydrogen-bond acceptors (Lipinski definition) is 7. The van der Waals surface area contributed by atoms with Crippen molar-refractivity contribution in [1.82, 2.24) is 0 Å². The molecule has 0 aliphatic heterocycles. The van der Waals surface area contributed by atoms with Crippen LogP contribution in [0, 0.1) is 0 Å². The molecule has 0 aliphatic rings. The minimum absolute atomic E-state index is 0.117. The molecule has 0 aliphatic carbocycles. The molecule has 0 fully saturated rings. The third-order valence-corrected chi connectivity index (χ3v) is 6.09. The molecule has 0 saturated carbocycles. The molecule has 0 heterocycles. The van der Waals surface area contributed by atoms with Crippen LogP contribution in [0.25, 0.3) is 0 Å². The maximum Gasteiger partial charge on any atom is 0.264 e. The zero-order valence-electron chi connectivity index (χ0n) is 20.5.